The summed E-state index contributed by atoms with van der Waals surface area (Å²) in [6, 6.07) is 7.63. The van der Waals surface area contributed by atoms with Gasteiger partial charge in [0.05, 0.1) is 6.61 Å². The molecule has 0 saturated heterocycles. The minimum absolute atomic E-state index is 0.0758. The van der Waals surface area contributed by atoms with Crippen LogP contribution < -0.4 is 5.32 Å². The molecule has 0 aromatic heterocycles. The summed E-state index contributed by atoms with van der Waals surface area (Å²) in [4.78, 5) is 11.8. The molecule has 0 spiro atoms. The van der Waals surface area contributed by atoms with E-state index in [1.807, 2.05) is 24.3 Å². The van der Waals surface area contributed by atoms with Crippen molar-refractivity contribution in [3.8, 4) is 11.8 Å². The second-order valence-corrected chi connectivity index (χ2v) is 4.87. The number of aliphatic hydroxyl groups is 1. The Hall–Kier alpha value is -1.83. The molecule has 0 fully saturated rings. The lowest BCUT2D eigenvalue weighted by Crippen LogP contribution is -2.43. The van der Waals surface area contributed by atoms with Crippen molar-refractivity contribution in [2.45, 2.75) is 32.4 Å². The molecule has 4 heteroatoms. The highest BCUT2D eigenvalue weighted by Gasteiger charge is 2.26. The Balaban J connectivity index is 2.55. The van der Waals surface area contributed by atoms with Crippen LogP contribution in [0, 0.1) is 11.8 Å². The number of benzene rings is 1. The van der Waals surface area contributed by atoms with Gasteiger partial charge in [0.2, 0.25) is 0 Å². The van der Waals surface area contributed by atoms with E-state index in [0.29, 0.717) is 13.0 Å². The number of rotatable bonds is 5. The largest absolute Gasteiger partial charge is 0.395 e. The van der Waals surface area contributed by atoms with Crippen molar-refractivity contribution < 1.29 is 14.6 Å². The van der Waals surface area contributed by atoms with Gasteiger partial charge in [-0.25, -0.2) is 0 Å². The number of hydrogen-bond donors (Lipinski definition) is 2. The number of carbonyl (C=O) groups is 1. The van der Waals surface area contributed by atoms with Gasteiger partial charge in [0, 0.05) is 25.6 Å². The average Bonchev–Trinajstić information content (AvgIpc) is 2.46. The summed E-state index contributed by atoms with van der Waals surface area (Å²) in [6.45, 7) is 3.98. The van der Waals surface area contributed by atoms with Crippen LogP contribution >= 0.6 is 0 Å². The van der Waals surface area contributed by atoms with E-state index in [4.69, 9.17) is 9.84 Å². The summed E-state index contributed by atoms with van der Waals surface area (Å²) < 4.78 is 5.11. The van der Waals surface area contributed by atoms with Crippen molar-refractivity contribution in [1.29, 1.82) is 0 Å². The van der Waals surface area contributed by atoms with Crippen molar-refractivity contribution in [1.82, 2.24) is 5.32 Å². The van der Waals surface area contributed by atoms with Crippen molar-refractivity contribution >= 4 is 5.91 Å². The molecule has 0 radical (unpaired) electrons. The summed E-state index contributed by atoms with van der Waals surface area (Å²) in [7, 11) is 1.51. The molecule has 1 aromatic carbocycles. The lowest BCUT2D eigenvalue weighted by molar-refractivity contribution is -0.139. The highest BCUT2D eigenvalue weighted by molar-refractivity contribution is 5.84. The fourth-order valence-corrected chi connectivity index (χ4v) is 1.41. The molecular formula is C16H21NO3. The molecule has 1 amide bonds. The zero-order valence-corrected chi connectivity index (χ0v) is 12.2. The van der Waals surface area contributed by atoms with Gasteiger partial charge in [0.15, 0.2) is 0 Å². The zero-order chi connectivity index (χ0) is 15.0. The second-order valence-electron chi connectivity index (χ2n) is 4.87. The first-order valence-corrected chi connectivity index (χ1v) is 6.51. The smallest absolute Gasteiger partial charge is 0.251 e. The Labute approximate surface area is 120 Å². The highest BCUT2D eigenvalue weighted by Crippen LogP contribution is 2.08. The predicted octanol–water partition coefficient (Wildman–Crippen LogP) is 1.46. The van der Waals surface area contributed by atoms with E-state index >= 15 is 0 Å². The van der Waals surface area contributed by atoms with Crippen LogP contribution in [0.5, 0.6) is 0 Å². The first kappa shape index (κ1) is 16.2. The molecule has 0 atom stereocenters. The standard InChI is InChI=1S/C16H21NO3/c1-16(2,20-3)15(19)17-12-14-9-7-13(8-10-14)6-4-5-11-18/h7-10,18H,5,11-12H2,1-3H3,(H,17,19). The lowest BCUT2D eigenvalue weighted by Gasteiger charge is -2.21. The van der Waals surface area contributed by atoms with Crippen molar-refractivity contribution in [2.75, 3.05) is 13.7 Å². The lowest BCUT2D eigenvalue weighted by atomic mass is 10.1. The van der Waals surface area contributed by atoms with Crippen molar-refractivity contribution in [3.63, 3.8) is 0 Å². The highest BCUT2D eigenvalue weighted by atomic mass is 16.5. The molecule has 0 heterocycles. The van der Waals surface area contributed by atoms with E-state index in [1.165, 1.54) is 7.11 Å². The van der Waals surface area contributed by atoms with Gasteiger partial charge >= 0.3 is 0 Å². The molecule has 4 nitrogen and oxygen atoms in total. The van der Waals surface area contributed by atoms with Crippen LogP contribution in [0.1, 0.15) is 31.4 Å². The second kappa shape index (κ2) is 7.68. The van der Waals surface area contributed by atoms with E-state index in [2.05, 4.69) is 17.2 Å². The van der Waals surface area contributed by atoms with Crippen molar-refractivity contribution in [2.24, 2.45) is 0 Å². The number of ether oxygens (including phenoxy) is 1. The van der Waals surface area contributed by atoms with Gasteiger partial charge in [-0.15, -0.1) is 0 Å². The predicted molar refractivity (Wildman–Crippen MR) is 78.0 cm³/mol. The first-order valence-electron chi connectivity index (χ1n) is 6.51. The summed E-state index contributed by atoms with van der Waals surface area (Å²) >= 11 is 0. The SMILES string of the molecule is COC(C)(C)C(=O)NCc1ccc(C#CCCO)cc1. The average molecular weight is 275 g/mol. The van der Waals surface area contributed by atoms with Gasteiger partial charge in [-0.2, -0.15) is 0 Å². The van der Waals surface area contributed by atoms with Crippen LogP contribution in [0.3, 0.4) is 0 Å². The molecule has 0 aliphatic carbocycles. The monoisotopic (exact) mass is 275 g/mol. The van der Waals surface area contributed by atoms with Gasteiger partial charge in [-0.05, 0) is 31.5 Å². The first-order chi connectivity index (χ1) is 9.49. The molecule has 0 aliphatic heterocycles. The number of nitrogens with one attached hydrogen (secondary N) is 1. The summed E-state index contributed by atoms with van der Waals surface area (Å²) in [5.74, 6) is 5.67. The van der Waals surface area contributed by atoms with Gasteiger partial charge in [-0.1, -0.05) is 24.0 Å². The molecule has 0 bridgehead atoms. The number of hydrogen-bond acceptors (Lipinski definition) is 3. The van der Waals surface area contributed by atoms with Gasteiger partial charge in [0.1, 0.15) is 5.60 Å². The summed E-state index contributed by atoms with van der Waals surface area (Å²) in [5.41, 5.74) is 1.07. The van der Waals surface area contributed by atoms with Gasteiger partial charge < -0.3 is 15.2 Å². The third kappa shape index (κ3) is 5.04. The van der Waals surface area contributed by atoms with Gasteiger partial charge in [-0.3, -0.25) is 4.79 Å². The quantitative estimate of drug-likeness (QED) is 0.800. The van der Waals surface area contributed by atoms with Crippen LogP contribution in [-0.4, -0.2) is 30.3 Å². The maximum Gasteiger partial charge on any atom is 0.251 e. The Morgan fingerprint density at radius 2 is 2.00 bits per heavy atom. The molecule has 0 unspecified atom stereocenters. The van der Waals surface area contributed by atoms with E-state index in [-0.39, 0.29) is 12.5 Å². The molecule has 0 aliphatic rings. The van der Waals surface area contributed by atoms with E-state index in [0.717, 1.165) is 11.1 Å². The fourth-order valence-electron chi connectivity index (χ4n) is 1.41. The van der Waals surface area contributed by atoms with Crippen LogP contribution in [0.15, 0.2) is 24.3 Å². The molecule has 1 rings (SSSR count). The maximum atomic E-state index is 11.8. The molecule has 20 heavy (non-hydrogen) atoms. The minimum Gasteiger partial charge on any atom is -0.395 e. The molecule has 2 N–H and O–H groups in total. The van der Waals surface area contributed by atoms with Crippen LogP contribution in [0.2, 0.25) is 0 Å². The normalized spacial score (nSPS) is 10.6. The van der Waals surface area contributed by atoms with Crippen LogP contribution in [0.4, 0.5) is 0 Å². The minimum atomic E-state index is -0.824. The van der Waals surface area contributed by atoms with Gasteiger partial charge in [0.25, 0.3) is 5.91 Å². The maximum absolute atomic E-state index is 11.8. The zero-order valence-electron chi connectivity index (χ0n) is 12.2. The number of carbonyl (C=O) groups excluding carboxylic acids is 1. The number of amides is 1. The third-order valence-corrected chi connectivity index (χ3v) is 2.93. The number of aliphatic hydroxyl groups excluding tert-OH is 1. The molecular weight excluding hydrogens is 254 g/mol. The molecule has 1 aromatic rings. The molecule has 0 saturated carbocycles. The Morgan fingerprint density at radius 3 is 2.55 bits per heavy atom. The Morgan fingerprint density at radius 1 is 1.35 bits per heavy atom. The number of methoxy groups -OCH3 is 1. The van der Waals surface area contributed by atoms with E-state index < -0.39 is 5.60 Å². The van der Waals surface area contributed by atoms with E-state index in [9.17, 15) is 4.79 Å². The Kier molecular flexibility index (Phi) is 6.23. The third-order valence-electron chi connectivity index (χ3n) is 2.93. The van der Waals surface area contributed by atoms with Crippen LogP contribution in [0.25, 0.3) is 0 Å². The van der Waals surface area contributed by atoms with Crippen LogP contribution in [-0.2, 0) is 16.1 Å². The molecule has 108 valence electrons. The van der Waals surface area contributed by atoms with E-state index in [1.54, 1.807) is 13.8 Å². The topological polar surface area (TPSA) is 58.6 Å². The summed E-state index contributed by atoms with van der Waals surface area (Å²) in [6.07, 6.45) is 0.476. The summed E-state index contributed by atoms with van der Waals surface area (Å²) in [5, 5.41) is 11.5. The Bertz CT molecular complexity index is 495. The van der Waals surface area contributed by atoms with Crippen molar-refractivity contribution in [3.05, 3.63) is 35.4 Å². The fraction of sp³-hybridized carbons (Fsp3) is 0.438.